The summed E-state index contributed by atoms with van der Waals surface area (Å²) in [7, 11) is 1.44. The van der Waals surface area contributed by atoms with E-state index in [4.69, 9.17) is 5.41 Å². The molecule has 200 valence electrons. The van der Waals surface area contributed by atoms with E-state index in [0.717, 1.165) is 17.3 Å². The van der Waals surface area contributed by atoms with Crippen molar-refractivity contribution in [2.24, 2.45) is 5.92 Å². The number of rotatable bonds is 7. The highest BCUT2D eigenvalue weighted by Gasteiger charge is 2.47. The minimum Gasteiger partial charge on any atom is -0.393 e. The Morgan fingerprint density at radius 3 is 2.43 bits per heavy atom. The minimum atomic E-state index is -4.81. The van der Waals surface area contributed by atoms with Crippen molar-refractivity contribution in [3.8, 4) is 0 Å². The monoisotopic (exact) mass is 533 g/mol. The Morgan fingerprint density at radius 2 is 1.86 bits per heavy atom. The first-order valence-corrected chi connectivity index (χ1v) is 10.8. The van der Waals surface area contributed by atoms with Gasteiger partial charge in [-0.2, -0.15) is 13.2 Å². The van der Waals surface area contributed by atoms with Crippen LogP contribution in [-0.2, 0) is 11.0 Å². The highest BCUT2D eigenvalue weighted by Crippen LogP contribution is 2.35. The number of anilines is 1. The van der Waals surface area contributed by atoms with Crippen LogP contribution in [0.1, 0.15) is 24.7 Å². The van der Waals surface area contributed by atoms with Gasteiger partial charge in [0.2, 0.25) is 0 Å². The van der Waals surface area contributed by atoms with Crippen LogP contribution in [0.2, 0.25) is 0 Å². The molecule has 0 saturated carbocycles. The molecule has 1 saturated heterocycles. The number of aromatic nitrogens is 3. The second-order valence-corrected chi connectivity index (χ2v) is 8.42. The van der Waals surface area contributed by atoms with Crippen molar-refractivity contribution >= 4 is 23.0 Å². The predicted octanol–water partition coefficient (Wildman–Crippen LogP) is 3.73. The number of nitrogens with one attached hydrogen (secondary N) is 3. The number of alkyl halides is 5. The molecule has 1 amide bonds. The van der Waals surface area contributed by atoms with Crippen LogP contribution in [0.15, 0.2) is 30.9 Å². The average Bonchev–Trinajstić information content (AvgIpc) is 2.81. The Hall–Kier alpha value is -3.78. The zero-order chi connectivity index (χ0) is 27.5. The molecule has 2 aromatic heterocycles. The van der Waals surface area contributed by atoms with Crippen molar-refractivity contribution in [1.82, 2.24) is 25.2 Å². The predicted molar refractivity (Wildman–Crippen MR) is 119 cm³/mol. The van der Waals surface area contributed by atoms with E-state index in [1.54, 1.807) is 0 Å². The summed E-state index contributed by atoms with van der Waals surface area (Å²) in [5.41, 5.74) is -2.27. The maximum Gasteiger partial charge on any atom is 0.417 e. The number of hydrogen-bond donors (Lipinski definition) is 3. The number of carbonyl (C=O) groups excluding carboxylic acids is 1. The van der Waals surface area contributed by atoms with Crippen LogP contribution in [0, 0.1) is 23.0 Å². The zero-order valence-electron chi connectivity index (χ0n) is 19.5. The molecule has 15 heteroatoms. The normalized spacial score (nSPS) is 19.9. The number of carbonyl (C=O) groups is 1. The molecular weight excluding hydrogens is 511 g/mol. The van der Waals surface area contributed by atoms with Gasteiger partial charge in [0, 0.05) is 32.4 Å². The quantitative estimate of drug-likeness (QED) is 0.370. The molecule has 0 aliphatic carbocycles. The third-order valence-corrected chi connectivity index (χ3v) is 5.62. The summed E-state index contributed by atoms with van der Waals surface area (Å²) >= 11 is 0. The molecular formula is C22H22F7N7O. The zero-order valence-corrected chi connectivity index (χ0v) is 19.5. The Labute approximate surface area is 206 Å². The second kappa shape index (κ2) is 10.7. The van der Waals surface area contributed by atoms with Gasteiger partial charge in [0.15, 0.2) is 23.3 Å². The van der Waals surface area contributed by atoms with E-state index in [1.807, 2.05) is 0 Å². The largest absolute Gasteiger partial charge is 0.417 e. The summed E-state index contributed by atoms with van der Waals surface area (Å²) in [5.74, 6) is -8.15. The SMILES string of the molecule is CN/C=C(\C(=N)C(=O)N1CC(F)(F)CC(C)C1CNc1ncc(C(F)(F)F)cc1F)c1ncc(F)cn1. The maximum atomic E-state index is 14.4. The molecule has 0 aromatic carbocycles. The molecule has 2 unspecified atom stereocenters. The lowest BCUT2D eigenvalue weighted by Gasteiger charge is -2.43. The first kappa shape index (κ1) is 27.8. The van der Waals surface area contributed by atoms with E-state index in [9.17, 15) is 35.5 Å². The number of amides is 1. The van der Waals surface area contributed by atoms with Gasteiger partial charge in [0.05, 0.1) is 36.1 Å². The van der Waals surface area contributed by atoms with Gasteiger partial charge in [-0.05, 0) is 12.0 Å². The molecule has 8 nitrogen and oxygen atoms in total. The summed E-state index contributed by atoms with van der Waals surface area (Å²) in [6.45, 7) is 0.0158. The first-order valence-electron chi connectivity index (χ1n) is 10.8. The van der Waals surface area contributed by atoms with Crippen LogP contribution in [0.25, 0.3) is 5.57 Å². The molecule has 1 aliphatic rings. The molecule has 3 heterocycles. The molecule has 0 bridgehead atoms. The molecule has 0 spiro atoms. The fourth-order valence-corrected chi connectivity index (χ4v) is 3.91. The number of likely N-dealkylation sites (tertiary alicyclic amines) is 1. The molecule has 1 fully saturated rings. The fourth-order valence-electron chi connectivity index (χ4n) is 3.91. The Balaban J connectivity index is 1.87. The van der Waals surface area contributed by atoms with Gasteiger partial charge in [0.25, 0.3) is 11.8 Å². The lowest BCUT2D eigenvalue weighted by Crippen LogP contribution is -2.59. The summed E-state index contributed by atoms with van der Waals surface area (Å²) in [5, 5.41) is 13.4. The Bertz CT molecular complexity index is 1180. The number of hydrogen-bond acceptors (Lipinski definition) is 7. The van der Waals surface area contributed by atoms with Crippen molar-refractivity contribution in [2.75, 3.05) is 25.5 Å². The first-order chi connectivity index (χ1) is 17.2. The van der Waals surface area contributed by atoms with Gasteiger partial charge in [-0.1, -0.05) is 6.92 Å². The molecule has 2 aromatic rings. The fraction of sp³-hybridized carbons (Fsp3) is 0.409. The number of nitrogens with zero attached hydrogens (tertiary/aromatic N) is 4. The van der Waals surface area contributed by atoms with Gasteiger partial charge in [-0.25, -0.2) is 32.5 Å². The number of piperidine rings is 1. The van der Waals surface area contributed by atoms with Crippen LogP contribution < -0.4 is 10.6 Å². The van der Waals surface area contributed by atoms with Crippen LogP contribution in [0.5, 0.6) is 0 Å². The molecule has 2 atom stereocenters. The third kappa shape index (κ3) is 6.51. The van der Waals surface area contributed by atoms with Gasteiger partial charge in [0.1, 0.15) is 5.71 Å². The van der Waals surface area contributed by atoms with E-state index in [2.05, 4.69) is 25.6 Å². The minimum absolute atomic E-state index is 0.198. The lowest BCUT2D eigenvalue weighted by molar-refractivity contribution is -0.145. The summed E-state index contributed by atoms with van der Waals surface area (Å²) in [6, 6.07) is -0.773. The van der Waals surface area contributed by atoms with Crippen molar-refractivity contribution in [1.29, 1.82) is 5.41 Å². The van der Waals surface area contributed by atoms with Gasteiger partial charge >= 0.3 is 6.18 Å². The van der Waals surface area contributed by atoms with E-state index >= 15 is 0 Å². The molecule has 3 N–H and O–H groups in total. The maximum absolute atomic E-state index is 14.4. The van der Waals surface area contributed by atoms with E-state index < -0.39 is 71.7 Å². The van der Waals surface area contributed by atoms with Crippen LogP contribution >= 0.6 is 0 Å². The highest BCUT2D eigenvalue weighted by atomic mass is 19.4. The smallest absolute Gasteiger partial charge is 0.393 e. The summed E-state index contributed by atoms with van der Waals surface area (Å²) in [6.07, 6.45) is -2.24. The summed E-state index contributed by atoms with van der Waals surface area (Å²) in [4.78, 5) is 24.9. The second-order valence-electron chi connectivity index (χ2n) is 8.42. The summed E-state index contributed by atoms with van der Waals surface area (Å²) < 4.78 is 94.7. The molecule has 1 aliphatic heterocycles. The molecule has 37 heavy (non-hydrogen) atoms. The van der Waals surface area contributed by atoms with Crippen molar-refractivity contribution in [3.63, 3.8) is 0 Å². The number of halogens is 7. The third-order valence-electron chi connectivity index (χ3n) is 5.62. The topological polar surface area (TPSA) is 107 Å². The lowest BCUT2D eigenvalue weighted by atomic mass is 9.87. The van der Waals surface area contributed by atoms with Crippen LogP contribution in [-0.4, -0.2) is 63.6 Å². The van der Waals surface area contributed by atoms with Crippen molar-refractivity contribution in [2.45, 2.75) is 31.5 Å². The average molecular weight is 533 g/mol. The van der Waals surface area contributed by atoms with Crippen molar-refractivity contribution < 1.29 is 35.5 Å². The molecule has 0 radical (unpaired) electrons. The molecule has 3 rings (SSSR count). The van der Waals surface area contributed by atoms with Gasteiger partial charge in [-0.3, -0.25) is 10.2 Å². The van der Waals surface area contributed by atoms with Gasteiger partial charge in [-0.15, -0.1) is 0 Å². The van der Waals surface area contributed by atoms with Crippen molar-refractivity contribution in [3.05, 3.63) is 53.9 Å². The standard InChI is InChI=1S/C22H22F7N7O/c1-11-4-21(25,26)10-36(16(11)9-35-19-15(24)3-12(5-32-19)22(27,28)29)20(37)17(30)14(8-31-2)18-33-6-13(23)7-34-18/h3,5-8,11,16,30-31H,4,9-10H2,1-2H3,(H,32,35)/b14-8+,30-17?. The van der Waals surface area contributed by atoms with E-state index in [0.29, 0.717) is 6.20 Å². The van der Waals surface area contributed by atoms with Crippen LogP contribution in [0.3, 0.4) is 0 Å². The van der Waals surface area contributed by atoms with Crippen LogP contribution in [0.4, 0.5) is 36.6 Å². The number of pyridine rings is 1. The Morgan fingerprint density at radius 1 is 1.22 bits per heavy atom. The Kier molecular flexibility index (Phi) is 8.03. The van der Waals surface area contributed by atoms with Gasteiger partial charge < -0.3 is 15.5 Å². The van der Waals surface area contributed by atoms with E-state index in [-0.39, 0.29) is 24.0 Å². The van der Waals surface area contributed by atoms with E-state index in [1.165, 1.54) is 20.2 Å². The highest BCUT2D eigenvalue weighted by molar-refractivity contribution is 6.54.